The fourth-order valence-electron chi connectivity index (χ4n) is 3.44. The Kier molecular flexibility index (Phi) is 3.80. The van der Waals surface area contributed by atoms with Crippen LogP contribution in [0.2, 0.25) is 0 Å². The number of rotatable bonds is 5. The summed E-state index contributed by atoms with van der Waals surface area (Å²) in [5.74, 6) is 1.60. The lowest BCUT2D eigenvalue weighted by atomic mass is 10.1. The third kappa shape index (κ3) is 2.58. The van der Waals surface area contributed by atoms with Crippen LogP contribution in [0.5, 0.6) is 0 Å². The molecular formula is C18H22N6. The summed E-state index contributed by atoms with van der Waals surface area (Å²) in [4.78, 5) is 11.2. The van der Waals surface area contributed by atoms with Crippen molar-refractivity contribution in [2.24, 2.45) is 0 Å². The molecule has 0 amide bonds. The molecule has 0 bridgehead atoms. The molecular weight excluding hydrogens is 300 g/mol. The maximum atomic E-state index is 4.48. The van der Waals surface area contributed by atoms with Crippen LogP contribution in [0.25, 0.3) is 5.78 Å². The zero-order chi connectivity index (χ0) is 16.5. The molecule has 1 atom stereocenters. The smallest absolute Gasteiger partial charge is 0.254 e. The number of benzene rings is 1. The Bertz CT molecular complexity index is 856. The number of anilines is 2. The molecule has 2 aromatic heterocycles. The van der Waals surface area contributed by atoms with Crippen LogP contribution in [0.3, 0.4) is 0 Å². The van der Waals surface area contributed by atoms with Gasteiger partial charge >= 0.3 is 0 Å². The predicted molar refractivity (Wildman–Crippen MR) is 95.6 cm³/mol. The van der Waals surface area contributed by atoms with Crippen molar-refractivity contribution in [2.75, 3.05) is 23.3 Å². The highest BCUT2D eigenvalue weighted by molar-refractivity contribution is 5.59. The third-order valence-corrected chi connectivity index (χ3v) is 4.67. The van der Waals surface area contributed by atoms with Gasteiger partial charge in [-0.2, -0.15) is 14.6 Å². The van der Waals surface area contributed by atoms with Gasteiger partial charge in [0, 0.05) is 36.6 Å². The fourth-order valence-corrected chi connectivity index (χ4v) is 3.44. The van der Waals surface area contributed by atoms with Gasteiger partial charge in [-0.3, -0.25) is 0 Å². The molecule has 1 N–H and O–H groups in total. The number of aryl methyl sites for hydroxylation is 1. The number of nitrogens with zero attached hydrogens (tertiary/aromatic N) is 5. The molecule has 0 spiro atoms. The summed E-state index contributed by atoms with van der Waals surface area (Å²) in [6, 6.07) is 11.3. The summed E-state index contributed by atoms with van der Waals surface area (Å²) in [7, 11) is 0. The molecule has 3 aromatic rings. The maximum Gasteiger partial charge on any atom is 0.254 e. The summed E-state index contributed by atoms with van der Waals surface area (Å²) in [6.07, 6.45) is 3.55. The fraction of sp³-hybridized carbons (Fsp3) is 0.389. The molecule has 24 heavy (non-hydrogen) atoms. The van der Waals surface area contributed by atoms with Gasteiger partial charge in [0.1, 0.15) is 12.1 Å². The summed E-state index contributed by atoms with van der Waals surface area (Å²) in [6.45, 7) is 6.19. The van der Waals surface area contributed by atoms with E-state index in [1.165, 1.54) is 11.3 Å². The second-order valence-electron chi connectivity index (χ2n) is 6.26. The first-order chi connectivity index (χ1) is 11.8. The van der Waals surface area contributed by atoms with Gasteiger partial charge in [-0.05, 0) is 31.4 Å². The van der Waals surface area contributed by atoms with Crippen molar-refractivity contribution in [2.45, 2.75) is 32.7 Å². The van der Waals surface area contributed by atoms with Gasteiger partial charge in [-0.1, -0.05) is 25.1 Å². The Morgan fingerprint density at radius 3 is 3.04 bits per heavy atom. The van der Waals surface area contributed by atoms with Crippen LogP contribution < -0.4 is 10.2 Å². The first-order valence-corrected chi connectivity index (χ1v) is 8.54. The van der Waals surface area contributed by atoms with Crippen molar-refractivity contribution in [3.8, 4) is 0 Å². The van der Waals surface area contributed by atoms with E-state index in [0.717, 1.165) is 37.4 Å². The van der Waals surface area contributed by atoms with E-state index in [9.17, 15) is 0 Å². The lowest BCUT2D eigenvalue weighted by Gasteiger charge is -2.25. The average Bonchev–Trinajstić information content (AvgIpc) is 3.19. The minimum absolute atomic E-state index is 0.541. The molecule has 0 radical (unpaired) electrons. The second-order valence-corrected chi connectivity index (χ2v) is 6.26. The van der Waals surface area contributed by atoms with Crippen LogP contribution in [0.4, 0.5) is 11.5 Å². The van der Waals surface area contributed by atoms with Gasteiger partial charge in [0.25, 0.3) is 5.78 Å². The molecule has 1 aliphatic rings. The summed E-state index contributed by atoms with van der Waals surface area (Å²) < 4.78 is 1.76. The van der Waals surface area contributed by atoms with E-state index in [0.29, 0.717) is 11.8 Å². The van der Waals surface area contributed by atoms with E-state index in [1.54, 1.807) is 10.8 Å². The van der Waals surface area contributed by atoms with Crippen molar-refractivity contribution in [3.63, 3.8) is 0 Å². The van der Waals surface area contributed by atoms with Crippen LogP contribution in [0, 0.1) is 0 Å². The Balaban J connectivity index is 1.49. The Hall–Kier alpha value is -2.63. The van der Waals surface area contributed by atoms with Gasteiger partial charge in [-0.15, -0.1) is 0 Å². The van der Waals surface area contributed by atoms with Crippen LogP contribution in [-0.4, -0.2) is 38.7 Å². The average molecular weight is 322 g/mol. The van der Waals surface area contributed by atoms with Gasteiger partial charge < -0.3 is 10.2 Å². The van der Waals surface area contributed by atoms with Crippen molar-refractivity contribution in [1.29, 1.82) is 0 Å². The quantitative estimate of drug-likeness (QED) is 0.782. The molecule has 0 saturated heterocycles. The van der Waals surface area contributed by atoms with Gasteiger partial charge in [0.2, 0.25) is 0 Å². The molecule has 124 valence electrons. The summed E-state index contributed by atoms with van der Waals surface area (Å²) in [5, 5.41) is 7.77. The largest absolute Gasteiger partial charge is 0.368 e. The van der Waals surface area contributed by atoms with Crippen molar-refractivity contribution >= 4 is 17.3 Å². The number of nitrogens with one attached hydrogen (secondary N) is 1. The van der Waals surface area contributed by atoms with Crippen LogP contribution in [0.15, 0.2) is 36.7 Å². The molecule has 3 heterocycles. The summed E-state index contributed by atoms with van der Waals surface area (Å²) in [5.41, 5.74) is 3.83. The molecule has 1 aliphatic heterocycles. The van der Waals surface area contributed by atoms with Crippen LogP contribution in [0.1, 0.15) is 25.1 Å². The Labute approximate surface area is 141 Å². The third-order valence-electron chi connectivity index (χ3n) is 4.67. The molecule has 6 nitrogen and oxygen atoms in total. The number of fused-ring (bicyclic) bond motifs is 2. The molecule has 0 saturated carbocycles. The van der Waals surface area contributed by atoms with Gasteiger partial charge in [0.15, 0.2) is 0 Å². The second kappa shape index (κ2) is 6.11. The normalized spacial score (nSPS) is 16.6. The molecule has 4 rings (SSSR count). The monoisotopic (exact) mass is 322 g/mol. The maximum absolute atomic E-state index is 4.48. The molecule has 1 unspecified atom stereocenters. The lowest BCUT2D eigenvalue weighted by molar-refractivity contribution is 0.679. The van der Waals surface area contributed by atoms with Crippen molar-refractivity contribution in [1.82, 2.24) is 19.6 Å². The first-order valence-electron chi connectivity index (χ1n) is 8.54. The van der Waals surface area contributed by atoms with Gasteiger partial charge in [0.05, 0.1) is 0 Å². The first kappa shape index (κ1) is 14.9. The van der Waals surface area contributed by atoms with E-state index in [2.05, 4.69) is 69.5 Å². The Morgan fingerprint density at radius 2 is 2.17 bits per heavy atom. The highest BCUT2D eigenvalue weighted by atomic mass is 15.4. The molecule has 0 aliphatic carbocycles. The van der Waals surface area contributed by atoms with Crippen molar-refractivity contribution < 1.29 is 0 Å². The number of para-hydroxylation sites is 1. The lowest BCUT2D eigenvalue weighted by Crippen LogP contribution is -2.34. The minimum atomic E-state index is 0.541. The summed E-state index contributed by atoms with van der Waals surface area (Å²) >= 11 is 0. The molecule has 0 fully saturated rings. The standard InChI is InChI=1S/C18H22N6/c1-3-15-11-17(24-18(22-15)20-12-21-24)19-8-9-23-13(2)10-14-6-4-5-7-16(14)23/h4-7,11-13,19H,3,8-10H2,1-2H3. The predicted octanol–water partition coefficient (Wildman–Crippen LogP) is 2.55. The van der Waals surface area contributed by atoms with E-state index >= 15 is 0 Å². The zero-order valence-corrected chi connectivity index (χ0v) is 14.1. The van der Waals surface area contributed by atoms with E-state index < -0.39 is 0 Å². The van der Waals surface area contributed by atoms with Gasteiger partial charge in [-0.25, -0.2) is 4.98 Å². The topological polar surface area (TPSA) is 58.4 Å². The molecule has 1 aromatic carbocycles. The van der Waals surface area contributed by atoms with Crippen molar-refractivity contribution in [3.05, 3.63) is 47.9 Å². The minimum Gasteiger partial charge on any atom is -0.368 e. The SMILES string of the molecule is CCc1cc(NCCN2c3ccccc3CC2C)n2ncnc2n1. The highest BCUT2D eigenvalue weighted by Gasteiger charge is 2.24. The van der Waals surface area contributed by atoms with E-state index in [4.69, 9.17) is 0 Å². The van der Waals surface area contributed by atoms with E-state index in [1.807, 2.05) is 0 Å². The number of hydrogen-bond acceptors (Lipinski definition) is 5. The van der Waals surface area contributed by atoms with Crippen LogP contribution in [-0.2, 0) is 12.8 Å². The number of aromatic nitrogens is 4. The number of hydrogen-bond donors (Lipinski definition) is 1. The van der Waals surface area contributed by atoms with Crippen LogP contribution >= 0.6 is 0 Å². The molecule has 6 heteroatoms. The van der Waals surface area contributed by atoms with E-state index in [-0.39, 0.29) is 0 Å². The highest BCUT2D eigenvalue weighted by Crippen LogP contribution is 2.31. The zero-order valence-electron chi connectivity index (χ0n) is 14.1. The Morgan fingerprint density at radius 1 is 1.29 bits per heavy atom.